The van der Waals surface area contributed by atoms with E-state index in [1.165, 1.54) is 11.8 Å². The smallest absolute Gasteiger partial charge is 0.251 e. The Hall–Kier alpha value is -2.76. The summed E-state index contributed by atoms with van der Waals surface area (Å²) in [4.78, 5) is 28.1. The highest BCUT2D eigenvalue weighted by Gasteiger charge is 2.32. The van der Waals surface area contributed by atoms with E-state index < -0.39 is 0 Å². The maximum absolute atomic E-state index is 12.8. The summed E-state index contributed by atoms with van der Waals surface area (Å²) in [5.41, 5.74) is 3.52. The van der Waals surface area contributed by atoms with Crippen LogP contribution in [0.1, 0.15) is 21.5 Å². The zero-order valence-electron chi connectivity index (χ0n) is 16.5. The molecule has 0 saturated carbocycles. The Bertz CT molecular complexity index is 1070. The van der Waals surface area contributed by atoms with Crippen LogP contribution in [0.3, 0.4) is 0 Å². The van der Waals surface area contributed by atoms with Crippen molar-refractivity contribution in [1.29, 1.82) is 0 Å². The number of halogens is 1. The van der Waals surface area contributed by atoms with E-state index >= 15 is 0 Å². The first-order chi connectivity index (χ1) is 14.5. The van der Waals surface area contributed by atoms with Gasteiger partial charge in [-0.25, -0.2) is 0 Å². The number of nitrogens with one attached hydrogen (secondary N) is 1. The number of nitrogens with zero attached hydrogens (tertiary/aromatic N) is 1. The second-order valence-corrected chi connectivity index (χ2v) is 8.87. The Kier molecular flexibility index (Phi) is 6.11. The summed E-state index contributed by atoms with van der Waals surface area (Å²) in [7, 11) is 1.78. The maximum Gasteiger partial charge on any atom is 0.251 e. The molecule has 1 atom stereocenters. The molecule has 152 valence electrons. The number of thioether (sulfide) groups is 1. The Morgan fingerprint density at radius 3 is 2.50 bits per heavy atom. The third-order valence-electron chi connectivity index (χ3n) is 5.09. The fourth-order valence-electron chi connectivity index (χ4n) is 3.41. The molecular formula is C24H21ClN2O2S. The molecule has 0 saturated heterocycles. The van der Waals surface area contributed by atoms with Gasteiger partial charge < -0.3 is 10.2 Å². The molecule has 3 aromatic rings. The number of benzene rings is 3. The second-order valence-electron chi connectivity index (χ2n) is 7.19. The van der Waals surface area contributed by atoms with Gasteiger partial charge in [-0.05, 0) is 47.9 Å². The molecule has 0 radical (unpaired) electrons. The minimum atomic E-state index is -0.244. The number of carbonyl (C=O) groups excluding carboxylic acids is 2. The molecule has 6 heteroatoms. The van der Waals surface area contributed by atoms with Crippen molar-refractivity contribution in [3.63, 3.8) is 0 Å². The van der Waals surface area contributed by atoms with E-state index in [0.29, 0.717) is 23.6 Å². The molecule has 1 unspecified atom stereocenters. The van der Waals surface area contributed by atoms with Gasteiger partial charge in [0.05, 0.1) is 10.9 Å². The molecule has 1 aliphatic heterocycles. The Balaban J connectivity index is 1.50. The summed E-state index contributed by atoms with van der Waals surface area (Å²) in [6.45, 7) is 0.474. The Morgan fingerprint density at radius 2 is 1.77 bits per heavy atom. The van der Waals surface area contributed by atoms with E-state index in [0.717, 1.165) is 21.7 Å². The predicted octanol–water partition coefficient (Wildman–Crippen LogP) is 4.95. The summed E-state index contributed by atoms with van der Waals surface area (Å²) in [6, 6.07) is 22.8. The minimum absolute atomic E-state index is 0.0590. The molecule has 0 bridgehead atoms. The van der Waals surface area contributed by atoms with Crippen molar-refractivity contribution in [3.8, 4) is 0 Å². The van der Waals surface area contributed by atoms with Gasteiger partial charge in [0.1, 0.15) is 0 Å². The quantitative estimate of drug-likeness (QED) is 0.615. The van der Waals surface area contributed by atoms with E-state index in [2.05, 4.69) is 5.32 Å². The van der Waals surface area contributed by atoms with Gasteiger partial charge in [0, 0.05) is 29.1 Å². The SMILES string of the molecule is CN1C(=O)C(Cc2ccc(Cl)cc2)Sc2cc(C(=O)NCc3ccccc3)ccc21. The molecule has 4 nitrogen and oxygen atoms in total. The van der Waals surface area contributed by atoms with Crippen molar-refractivity contribution in [1.82, 2.24) is 5.32 Å². The van der Waals surface area contributed by atoms with E-state index in [-0.39, 0.29) is 17.1 Å². The summed E-state index contributed by atoms with van der Waals surface area (Å²) in [5.74, 6) is -0.0696. The van der Waals surface area contributed by atoms with Crippen molar-refractivity contribution in [2.24, 2.45) is 0 Å². The van der Waals surface area contributed by atoms with E-state index in [1.54, 1.807) is 18.0 Å². The highest BCUT2D eigenvalue weighted by atomic mass is 35.5. The van der Waals surface area contributed by atoms with Crippen molar-refractivity contribution in [2.45, 2.75) is 23.1 Å². The topological polar surface area (TPSA) is 49.4 Å². The zero-order chi connectivity index (χ0) is 21.1. The average molecular weight is 437 g/mol. The molecule has 0 aromatic heterocycles. The molecule has 2 amide bonds. The highest BCUT2D eigenvalue weighted by molar-refractivity contribution is 8.01. The van der Waals surface area contributed by atoms with Gasteiger partial charge in [0.15, 0.2) is 0 Å². The van der Waals surface area contributed by atoms with Crippen LogP contribution < -0.4 is 10.2 Å². The lowest BCUT2D eigenvalue weighted by atomic mass is 10.1. The molecule has 1 aliphatic rings. The number of hydrogen-bond acceptors (Lipinski definition) is 3. The Labute approximate surface area is 185 Å². The largest absolute Gasteiger partial charge is 0.348 e. The number of carbonyl (C=O) groups is 2. The van der Waals surface area contributed by atoms with Crippen LogP contribution >= 0.6 is 23.4 Å². The fraction of sp³-hybridized carbons (Fsp3) is 0.167. The van der Waals surface area contributed by atoms with Crippen molar-refractivity contribution in [2.75, 3.05) is 11.9 Å². The summed E-state index contributed by atoms with van der Waals surface area (Å²) in [5, 5.41) is 3.39. The summed E-state index contributed by atoms with van der Waals surface area (Å²) in [6.07, 6.45) is 0.606. The zero-order valence-corrected chi connectivity index (χ0v) is 18.0. The second kappa shape index (κ2) is 8.94. The molecule has 1 N–H and O–H groups in total. The van der Waals surface area contributed by atoms with Crippen molar-refractivity contribution in [3.05, 3.63) is 94.5 Å². The van der Waals surface area contributed by atoms with Gasteiger partial charge in [-0.15, -0.1) is 11.8 Å². The third-order valence-corrected chi connectivity index (χ3v) is 6.57. The van der Waals surface area contributed by atoms with Crippen LogP contribution in [0.4, 0.5) is 5.69 Å². The van der Waals surface area contributed by atoms with Gasteiger partial charge in [-0.3, -0.25) is 9.59 Å². The molecule has 3 aromatic carbocycles. The normalized spacial score (nSPS) is 15.6. The summed E-state index contributed by atoms with van der Waals surface area (Å²) < 4.78 is 0. The van der Waals surface area contributed by atoms with Crippen molar-refractivity contribution < 1.29 is 9.59 Å². The van der Waals surface area contributed by atoms with Gasteiger partial charge in [-0.1, -0.05) is 54.1 Å². The van der Waals surface area contributed by atoms with E-state index in [1.807, 2.05) is 66.7 Å². The first kappa shape index (κ1) is 20.5. The molecule has 0 fully saturated rings. The van der Waals surface area contributed by atoms with Crippen LogP contribution in [-0.2, 0) is 17.8 Å². The molecule has 1 heterocycles. The lowest BCUT2D eigenvalue weighted by Gasteiger charge is -2.31. The monoisotopic (exact) mass is 436 g/mol. The average Bonchev–Trinajstić information content (AvgIpc) is 2.77. The van der Waals surface area contributed by atoms with Crippen LogP contribution in [0, 0.1) is 0 Å². The fourth-order valence-corrected chi connectivity index (χ4v) is 4.90. The van der Waals surface area contributed by atoms with Gasteiger partial charge in [0.25, 0.3) is 5.91 Å². The van der Waals surface area contributed by atoms with Gasteiger partial charge in [0.2, 0.25) is 5.91 Å². The lowest BCUT2D eigenvalue weighted by molar-refractivity contribution is -0.117. The number of rotatable bonds is 5. The summed E-state index contributed by atoms with van der Waals surface area (Å²) >= 11 is 7.48. The number of anilines is 1. The molecule has 0 aliphatic carbocycles. The number of hydrogen-bond donors (Lipinski definition) is 1. The van der Waals surface area contributed by atoms with Crippen LogP contribution in [0.15, 0.2) is 77.7 Å². The van der Waals surface area contributed by atoms with Gasteiger partial charge in [-0.2, -0.15) is 0 Å². The van der Waals surface area contributed by atoms with Crippen LogP contribution in [0.5, 0.6) is 0 Å². The third kappa shape index (κ3) is 4.53. The first-order valence-electron chi connectivity index (χ1n) is 9.66. The van der Waals surface area contributed by atoms with Gasteiger partial charge >= 0.3 is 0 Å². The standard InChI is InChI=1S/C24H21ClN2O2S/c1-27-20-12-9-18(23(28)26-15-17-5-3-2-4-6-17)14-21(20)30-22(24(27)29)13-16-7-10-19(25)11-8-16/h2-12,14,22H,13,15H2,1H3,(H,26,28). The molecule has 4 rings (SSSR count). The molecule has 30 heavy (non-hydrogen) atoms. The first-order valence-corrected chi connectivity index (χ1v) is 10.9. The van der Waals surface area contributed by atoms with Crippen molar-refractivity contribution >= 4 is 40.9 Å². The van der Waals surface area contributed by atoms with E-state index in [4.69, 9.17) is 11.6 Å². The maximum atomic E-state index is 12.8. The van der Waals surface area contributed by atoms with Crippen LogP contribution in [-0.4, -0.2) is 24.1 Å². The number of fused-ring (bicyclic) bond motifs is 1. The van der Waals surface area contributed by atoms with Crippen LogP contribution in [0.2, 0.25) is 5.02 Å². The molecule has 0 spiro atoms. The number of amides is 2. The lowest BCUT2D eigenvalue weighted by Crippen LogP contribution is -2.39. The minimum Gasteiger partial charge on any atom is -0.348 e. The predicted molar refractivity (Wildman–Crippen MR) is 122 cm³/mol. The highest BCUT2D eigenvalue weighted by Crippen LogP contribution is 2.40. The van der Waals surface area contributed by atoms with E-state index in [9.17, 15) is 9.59 Å². The molecular weight excluding hydrogens is 416 g/mol. The van der Waals surface area contributed by atoms with Crippen LogP contribution in [0.25, 0.3) is 0 Å². The Morgan fingerprint density at radius 1 is 1.03 bits per heavy atom.